The zero-order valence-corrected chi connectivity index (χ0v) is 12.0. The number of anilines is 2. The van der Waals surface area contributed by atoms with Crippen LogP contribution in [0, 0.1) is 0 Å². The summed E-state index contributed by atoms with van der Waals surface area (Å²) in [4.78, 5) is 22.5. The van der Waals surface area contributed by atoms with Gasteiger partial charge in [0.2, 0.25) is 5.91 Å². The summed E-state index contributed by atoms with van der Waals surface area (Å²) < 4.78 is 0. The van der Waals surface area contributed by atoms with Gasteiger partial charge in [-0.05, 0) is 12.8 Å². The van der Waals surface area contributed by atoms with Crippen molar-refractivity contribution in [2.24, 2.45) is 5.84 Å². The first-order chi connectivity index (χ1) is 9.60. The van der Waals surface area contributed by atoms with E-state index in [-0.39, 0.29) is 18.4 Å². The lowest BCUT2D eigenvalue weighted by molar-refractivity contribution is -0.128. The number of amides is 1. The number of nitrogens with zero attached hydrogens (tertiary/aromatic N) is 3. The number of hydrogen-bond donors (Lipinski definition) is 3. The highest BCUT2D eigenvalue weighted by atomic mass is 16.2. The molecule has 0 radical (unpaired) electrons. The Labute approximate surface area is 118 Å². The van der Waals surface area contributed by atoms with Gasteiger partial charge in [0.05, 0.1) is 6.54 Å². The monoisotopic (exact) mass is 278 g/mol. The van der Waals surface area contributed by atoms with Gasteiger partial charge in [-0.25, -0.2) is 15.8 Å². The summed E-state index contributed by atoms with van der Waals surface area (Å²) in [6.45, 7) is 5.98. The number of aromatic nitrogens is 2. The van der Waals surface area contributed by atoms with Crippen molar-refractivity contribution in [3.05, 3.63) is 11.9 Å². The SMILES string of the molecule is CC(C)c1nc(NN)cc(NCC(=O)N2CCCC2)n1. The molecule has 0 aliphatic carbocycles. The molecule has 1 aromatic rings. The van der Waals surface area contributed by atoms with Crippen LogP contribution in [0.1, 0.15) is 38.4 Å². The van der Waals surface area contributed by atoms with E-state index in [0.29, 0.717) is 17.5 Å². The maximum atomic E-state index is 12.0. The number of hydrogen-bond acceptors (Lipinski definition) is 6. The van der Waals surface area contributed by atoms with Crippen LogP contribution in [0.3, 0.4) is 0 Å². The van der Waals surface area contributed by atoms with Crippen LogP contribution in [0.15, 0.2) is 6.07 Å². The fourth-order valence-corrected chi connectivity index (χ4v) is 2.13. The Hall–Kier alpha value is -1.89. The molecule has 2 heterocycles. The van der Waals surface area contributed by atoms with Crippen LogP contribution < -0.4 is 16.6 Å². The lowest BCUT2D eigenvalue weighted by Crippen LogP contribution is -2.33. The predicted molar refractivity (Wildman–Crippen MR) is 78.2 cm³/mol. The van der Waals surface area contributed by atoms with E-state index < -0.39 is 0 Å². The van der Waals surface area contributed by atoms with Crippen molar-refractivity contribution in [3.8, 4) is 0 Å². The van der Waals surface area contributed by atoms with Gasteiger partial charge in [-0.2, -0.15) is 0 Å². The number of carbonyl (C=O) groups is 1. The first-order valence-corrected chi connectivity index (χ1v) is 6.97. The van der Waals surface area contributed by atoms with Gasteiger partial charge < -0.3 is 15.6 Å². The van der Waals surface area contributed by atoms with E-state index in [4.69, 9.17) is 5.84 Å². The van der Waals surface area contributed by atoms with Crippen molar-refractivity contribution in [1.82, 2.24) is 14.9 Å². The molecule has 1 aromatic heterocycles. The van der Waals surface area contributed by atoms with Gasteiger partial charge in [0.15, 0.2) is 0 Å². The lowest BCUT2D eigenvalue weighted by Gasteiger charge is -2.16. The molecule has 1 fully saturated rings. The first-order valence-electron chi connectivity index (χ1n) is 6.97. The van der Waals surface area contributed by atoms with E-state index in [9.17, 15) is 4.79 Å². The number of nitrogens with one attached hydrogen (secondary N) is 2. The van der Waals surface area contributed by atoms with E-state index in [2.05, 4.69) is 20.7 Å². The molecule has 0 bridgehead atoms. The molecule has 7 nitrogen and oxygen atoms in total. The number of likely N-dealkylation sites (tertiary alicyclic amines) is 1. The maximum absolute atomic E-state index is 12.0. The molecular weight excluding hydrogens is 256 g/mol. The highest BCUT2D eigenvalue weighted by Crippen LogP contribution is 2.16. The van der Waals surface area contributed by atoms with Crippen LogP contribution in [-0.2, 0) is 4.79 Å². The van der Waals surface area contributed by atoms with E-state index in [1.165, 1.54) is 0 Å². The minimum Gasteiger partial charge on any atom is -0.361 e. The van der Waals surface area contributed by atoms with Crippen molar-refractivity contribution in [1.29, 1.82) is 0 Å². The normalized spacial score (nSPS) is 14.7. The van der Waals surface area contributed by atoms with Crippen LogP contribution in [-0.4, -0.2) is 40.4 Å². The molecule has 0 atom stereocenters. The molecule has 0 spiro atoms. The van der Waals surface area contributed by atoms with Gasteiger partial charge in [-0.3, -0.25) is 4.79 Å². The summed E-state index contributed by atoms with van der Waals surface area (Å²) in [6.07, 6.45) is 2.19. The molecule has 0 saturated carbocycles. The number of nitrogens with two attached hydrogens (primary N) is 1. The smallest absolute Gasteiger partial charge is 0.241 e. The molecule has 0 aromatic carbocycles. The second kappa shape index (κ2) is 6.51. The first kappa shape index (κ1) is 14.5. The Morgan fingerprint density at radius 3 is 2.60 bits per heavy atom. The van der Waals surface area contributed by atoms with Gasteiger partial charge in [-0.15, -0.1) is 0 Å². The summed E-state index contributed by atoms with van der Waals surface area (Å²) >= 11 is 0. The average Bonchev–Trinajstić information content (AvgIpc) is 2.98. The highest BCUT2D eigenvalue weighted by molar-refractivity contribution is 5.80. The Morgan fingerprint density at radius 1 is 1.35 bits per heavy atom. The number of rotatable bonds is 5. The second-order valence-corrected chi connectivity index (χ2v) is 5.24. The quantitative estimate of drug-likeness (QED) is 0.547. The maximum Gasteiger partial charge on any atom is 0.241 e. The predicted octanol–water partition coefficient (Wildman–Crippen LogP) is 0.920. The summed E-state index contributed by atoms with van der Waals surface area (Å²) in [6, 6.07) is 1.70. The van der Waals surface area contributed by atoms with Crippen molar-refractivity contribution in [2.75, 3.05) is 30.4 Å². The molecule has 1 aliphatic heterocycles. The van der Waals surface area contributed by atoms with E-state index in [1.54, 1.807) is 6.07 Å². The Bertz CT molecular complexity index is 470. The molecule has 7 heteroatoms. The second-order valence-electron chi connectivity index (χ2n) is 5.24. The third kappa shape index (κ3) is 3.57. The summed E-state index contributed by atoms with van der Waals surface area (Å²) in [5.41, 5.74) is 2.52. The molecule has 1 saturated heterocycles. The van der Waals surface area contributed by atoms with Crippen LogP contribution >= 0.6 is 0 Å². The Balaban J connectivity index is 2.00. The molecule has 2 rings (SSSR count). The molecule has 1 amide bonds. The van der Waals surface area contributed by atoms with E-state index in [1.807, 2.05) is 18.7 Å². The van der Waals surface area contributed by atoms with Gasteiger partial charge in [0, 0.05) is 25.1 Å². The van der Waals surface area contributed by atoms with Crippen LogP contribution in [0.2, 0.25) is 0 Å². The topological polar surface area (TPSA) is 96.2 Å². The number of nitrogen functional groups attached to an aromatic ring is 1. The molecule has 0 unspecified atom stereocenters. The van der Waals surface area contributed by atoms with Gasteiger partial charge in [0.1, 0.15) is 17.5 Å². The van der Waals surface area contributed by atoms with E-state index >= 15 is 0 Å². The standard InChI is InChI=1S/C13H22N6O/c1-9(2)13-16-10(7-11(17-13)18-14)15-8-12(20)19-5-3-4-6-19/h7,9H,3-6,8,14H2,1-2H3,(H2,15,16,17,18). The van der Waals surface area contributed by atoms with Crippen LogP contribution in [0.5, 0.6) is 0 Å². The fourth-order valence-electron chi connectivity index (χ4n) is 2.13. The van der Waals surface area contributed by atoms with E-state index in [0.717, 1.165) is 25.9 Å². The van der Waals surface area contributed by atoms with Crippen molar-refractivity contribution < 1.29 is 4.79 Å². The summed E-state index contributed by atoms with van der Waals surface area (Å²) in [7, 11) is 0. The lowest BCUT2D eigenvalue weighted by atomic mass is 10.2. The summed E-state index contributed by atoms with van der Waals surface area (Å²) in [5, 5.41) is 3.05. The average molecular weight is 278 g/mol. The van der Waals surface area contributed by atoms with Crippen molar-refractivity contribution >= 4 is 17.5 Å². The molecule has 20 heavy (non-hydrogen) atoms. The molecule has 1 aliphatic rings. The third-order valence-electron chi connectivity index (χ3n) is 3.29. The molecule has 110 valence electrons. The zero-order chi connectivity index (χ0) is 14.5. The van der Waals surface area contributed by atoms with Crippen LogP contribution in [0.25, 0.3) is 0 Å². The summed E-state index contributed by atoms with van der Waals surface area (Å²) in [5.74, 6) is 7.55. The number of hydrazine groups is 1. The van der Waals surface area contributed by atoms with Gasteiger partial charge in [-0.1, -0.05) is 13.8 Å². The fraction of sp³-hybridized carbons (Fsp3) is 0.615. The Kier molecular flexibility index (Phi) is 4.73. The minimum absolute atomic E-state index is 0.106. The van der Waals surface area contributed by atoms with Crippen LogP contribution in [0.4, 0.5) is 11.6 Å². The van der Waals surface area contributed by atoms with Gasteiger partial charge >= 0.3 is 0 Å². The highest BCUT2D eigenvalue weighted by Gasteiger charge is 2.17. The number of carbonyl (C=O) groups excluding carboxylic acids is 1. The zero-order valence-electron chi connectivity index (χ0n) is 12.0. The Morgan fingerprint density at radius 2 is 2.00 bits per heavy atom. The van der Waals surface area contributed by atoms with Crippen molar-refractivity contribution in [3.63, 3.8) is 0 Å². The third-order valence-corrected chi connectivity index (χ3v) is 3.29. The molecule has 4 N–H and O–H groups in total. The largest absolute Gasteiger partial charge is 0.361 e. The van der Waals surface area contributed by atoms with Gasteiger partial charge in [0.25, 0.3) is 0 Å². The molecular formula is C13H22N6O. The van der Waals surface area contributed by atoms with Crippen molar-refractivity contribution in [2.45, 2.75) is 32.6 Å². The minimum atomic E-state index is 0.106.